The fraction of sp³-hybridized carbons (Fsp3) is 0.522. The van der Waals surface area contributed by atoms with Crippen LogP contribution >= 0.6 is 0 Å². The molecule has 1 saturated heterocycles. The molecule has 1 atom stereocenters. The Labute approximate surface area is 179 Å². The Bertz CT molecular complexity index is 921. The van der Waals surface area contributed by atoms with Gasteiger partial charge in [-0.2, -0.15) is 0 Å². The van der Waals surface area contributed by atoms with Crippen LogP contribution in [-0.4, -0.2) is 49.9 Å². The number of rotatable bonds is 4. The molecule has 0 aromatic heterocycles. The SMILES string of the molecule is CCS(=O)(=O)c1ccc(C2=CN(C(=O)OC(C)(C)C)C(C3CCNCC3)C=C2)cc1. The van der Waals surface area contributed by atoms with Gasteiger partial charge in [0.1, 0.15) is 5.60 Å². The predicted molar refractivity (Wildman–Crippen MR) is 119 cm³/mol. The van der Waals surface area contributed by atoms with Gasteiger partial charge in [-0.1, -0.05) is 31.2 Å². The highest BCUT2D eigenvalue weighted by Crippen LogP contribution is 2.31. The Kier molecular flexibility index (Phi) is 6.72. The standard InChI is InChI=1S/C23H32N2O4S/c1-5-30(27,28)20-9-6-17(7-10-20)19-8-11-21(18-12-14-24-15-13-18)25(16-19)22(26)29-23(2,3)4/h6-11,16,18,21,24H,5,12-15H2,1-4H3. The lowest BCUT2D eigenvalue weighted by molar-refractivity contribution is 0.0244. The van der Waals surface area contributed by atoms with Gasteiger partial charge in [-0.05, 0) is 75.9 Å². The normalized spacial score (nSPS) is 20.7. The first-order chi connectivity index (χ1) is 14.1. The summed E-state index contributed by atoms with van der Waals surface area (Å²) >= 11 is 0. The maximum atomic E-state index is 13.0. The van der Waals surface area contributed by atoms with Crippen LogP contribution in [0.3, 0.4) is 0 Å². The topological polar surface area (TPSA) is 75.7 Å². The molecule has 1 aromatic rings. The van der Waals surface area contributed by atoms with E-state index in [2.05, 4.69) is 11.4 Å². The van der Waals surface area contributed by atoms with Crippen molar-refractivity contribution in [3.63, 3.8) is 0 Å². The molecule has 2 heterocycles. The van der Waals surface area contributed by atoms with Crippen molar-refractivity contribution in [2.75, 3.05) is 18.8 Å². The molecule has 0 saturated carbocycles. The van der Waals surface area contributed by atoms with Gasteiger partial charge in [-0.25, -0.2) is 13.2 Å². The number of nitrogens with one attached hydrogen (secondary N) is 1. The fourth-order valence-corrected chi connectivity index (χ4v) is 4.71. The summed E-state index contributed by atoms with van der Waals surface area (Å²) in [5, 5.41) is 3.37. The molecule has 1 amide bonds. The third-order valence-electron chi connectivity index (χ3n) is 5.47. The van der Waals surface area contributed by atoms with E-state index in [4.69, 9.17) is 4.74 Å². The molecule has 0 spiro atoms. The molecule has 0 radical (unpaired) electrons. The predicted octanol–water partition coefficient (Wildman–Crippen LogP) is 4.00. The number of sulfone groups is 1. The van der Waals surface area contributed by atoms with Crippen LogP contribution in [0.2, 0.25) is 0 Å². The number of benzene rings is 1. The zero-order valence-corrected chi connectivity index (χ0v) is 19.0. The maximum Gasteiger partial charge on any atom is 0.414 e. The van der Waals surface area contributed by atoms with Crippen molar-refractivity contribution in [2.45, 2.75) is 57.1 Å². The smallest absolute Gasteiger partial charge is 0.414 e. The lowest BCUT2D eigenvalue weighted by Gasteiger charge is -2.38. The van der Waals surface area contributed by atoms with E-state index in [1.807, 2.05) is 33.0 Å². The summed E-state index contributed by atoms with van der Waals surface area (Å²) < 4.78 is 29.8. The second-order valence-corrected chi connectivity index (χ2v) is 11.1. The van der Waals surface area contributed by atoms with Crippen LogP contribution in [0, 0.1) is 5.92 Å². The van der Waals surface area contributed by atoms with Crippen molar-refractivity contribution >= 4 is 21.5 Å². The number of amides is 1. The van der Waals surface area contributed by atoms with Crippen molar-refractivity contribution < 1.29 is 17.9 Å². The molecule has 1 unspecified atom stereocenters. The summed E-state index contributed by atoms with van der Waals surface area (Å²) in [5.41, 5.74) is 1.13. The van der Waals surface area contributed by atoms with E-state index in [-0.39, 0.29) is 17.9 Å². The van der Waals surface area contributed by atoms with Crippen LogP contribution in [0.15, 0.2) is 47.5 Å². The van der Waals surface area contributed by atoms with Gasteiger partial charge in [0.05, 0.1) is 16.7 Å². The van der Waals surface area contributed by atoms with Crippen LogP contribution in [0.5, 0.6) is 0 Å². The maximum absolute atomic E-state index is 13.0. The summed E-state index contributed by atoms with van der Waals surface area (Å²) in [5.74, 6) is 0.434. The van der Waals surface area contributed by atoms with Crippen molar-refractivity contribution in [2.24, 2.45) is 5.92 Å². The van der Waals surface area contributed by atoms with Gasteiger partial charge in [-0.3, -0.25) is 4.90 Å². The quantitative estimate of drug-likeness (QED) is 0.778. The van der Waals surface area contributed by atoms with Crippen molar-refractivity contribution in [3.05, 3.63) is 48.2 Å². The molecular formula is C23H32N2O4S. The highest BCUT2D eigenvalue weighted by Gasteiger charge is 2.33. The van der Waals surface area contributed by atoms with E-state index in [0.29, 0.717) is 10.8 Å². The zero-order chi connectivity index (χ0) is 21.9. The van der Waals surface area contributed by atoms with Crippen molar-refractivity contribution in [1.29, 1.82) is 0 Å². The van der Waals surface area contributed by atoms with Gasteiger partial charge >= 0.3 is 6.09 Å². The minimum Gasteiger partial charge on any atom is -0.443 e. The van der Waals surface area contributed by atoms with Crippen LogP contribution < -0.4 is 5.32 Å². The molecule has 2 aliphatic heterocycles. The Morgan fingerprint density at radius 3 is 2.37 bits per heavy atom. The minimum atomic E-state index is -3.24. The molecule has 0 aliphatic carbocycles. The van der Waals surface area contributed by atoms with Crippen molar-refractivity contribution in [3.8, 4) is 0 Å². The first-order valence-electron chi connectivity index (χ1n) is 10.6. The molecule has 0 bridgehead atoms. The lowest BCUT2D eigenvalue weighted by Crippen LogP contribution is -2.46. The third kappa shape index (κ3) is 5.32. The minimum absolute atomic E-state index is 0.0505. The van der Waals surface area contributed by atoms with Gasteiger partial charge in [0, 0.05) is 6.20 Å². The summed E-state index contributed by atoms with van der Waals surface area (Å²) in [6, 6.07) is 6.78. The Morgan fingerprint density at radius 2 is 1.80 bits per heavy atom. The molecule has 1 aromatic carbocycles. The average Bonchev–Trinajstić information content (AvgIpc) is 2.73. The van der Waals surface area contributed by atoms with Gasteiger partial charge in [0.15, 0.2) is 9.84 Å². The molecule has 30 heavy (non-hydrogen) atoms. The fourth-order valence-electron chi connectivity index (χ4n) is 3.83. The molecule has 164 valence electrons. The average molecular weight is 433 g/mol. The monoisotopic (exact) mass is 432 g/mol. The second-order valence-electron chi connectivity index (χ2n) is 8.84. The summed E-state index contributed by atoms with van der Waals surface area (Å²) in [4.78, 5) is 15.0. The number of piperidine rings is 1. The molecular weight excluding hydrogens is 400 g/mol. The van der Waals surface area contributed by atoms with Crippen LogP contribution in [0.1, 0.15) is 46.1 Å². The number of allylic oxidation sites excluding steroid dienone is 2. The van der Waals surface area contributed by atoms with E-state index in [0.717, 1.165) is 37.1 Å². The van der Waals surface area contributed by atoms with Crippen molar-refractivity contribution in [1.82, 2.24) is 10.2 Å². The zero-order valence-electron chi connectivity index (χ0n) is 18.2. The first-order valence-corrected chi connectivity index (χ1v) is 12.2. The first kappa shape index (κ1) is 22.6. The van der Waals surface area contributed by atoms with E-state index >= 15 is 0 Å². The lowest BCUT2D eigenvalue weighted by atomic mass is 9.87. The Balaban J connectivity index is 1.90. The highest BCUT2D eigenvalue weighted by atomic mass is 32.2. The van der Waals surface area contributed by atoms with Gasteiger partial charge in [-0.15, -0.1) is 0 Å². The molecule has 1 fully saturated rings. The number of nitrogens with zero attached hydrogens (tertiary/aromatic N) is 1. The number of carbonyl (C=O) groups excluding carboxylic acids is 1. The highest BCUT2D eigenvalue weighted by molar-refractivity contribution is 7.91. The number of ether oxygens (including phenoxy) is 1. The Hall–Kier alpha value is -2.12. The van der Waals surface area contributed by atoms with E-state index in [1.54, 1.807) is 36.1 Å². The summed E-state index contributed by atoms with van der Waals surface area (Å²) in [6.45, 7) is 9.11. The van der Waals surface area contributed by atoms with E-state index < -0.39 is 15.4 Å². The van der Waals surface area contributed by atoms with Crippen LogP contribution in [0.4, 0.5) is 4.79 Å². The van der Waals surface area contributed by atoms with Crippen LogP contribution in [0.25, 0.3) is 5.57 Å². The number of hydrogen-bond acceptors (Lipinski definition) is 5. The molecule has 6 nitrogen and oxygen atoms in total. The number of carbonyl (C=O) groups is 1. The molecule has 7 heteroatoms. The molecule has 1 N–H and O–H groups in total. The third-order valence-corrected chi connectivity index (χ3v) is 7.22. The summed E-state index contributed by atoms with van der Waals surface area (Å²) in [6.07, 6.45) is 7.58. The Morgan fingerprint density at radius 1 is 1.17 bits per heavy atom. The molecule has 2 aliphatic rings. The van der Waals surface area contributed by atoms with E-state index in [1.165, 1.54) is 0 Å². The molecule has 3 rings (SSSR count). The van der Waals surface area contributed by atoms with Gasteiger partial charge in [0.25, 0.3) is 0 Å². The summed E-state index contributed by atoms with van der Waals surface area (Å²) in [7, 11) is -3.24. The largest absolute Gasteiger partial charge is 0.443 e. The van der Waals surface area contributed by atoms with Gasteiger partial charge in [0.2, 0.25) is 0 Å². The van der Waals surface area contributed by atoms with Crippen LogP contribution in [-0.2, 0) is 14.6 Å². The second kappa shape index (κ2) is 8.94. The van der Waals surface area contributed by atoms with Gasteiger partial charge < -0.3 is 10.1 Å². The van der Waals surface area contributed by atoms with E-state index in [9.17, 15) is 13.2 Å². The number of hydrogen-bond donors (Lipinski definition) is 1.